The van der Waals surface area contributed by atoms with Crippen LogP contribution in [-0.4, -0.2) is 44.6 Å². The van der Waals surface area contributed by atoms with Crippen LogP contribution >= 0.6 is 0 Å². The molecule has 4 heterocycles. The smallest absolute Gasteiger partial charge is 0.251 e. The van der Waals surface area contributed by atoms with Crippen molar-refractivity contribution in [3.8, 4) is 11.3 Å². The van der Waals surface area contributed by atoms with E-state index in [0.29, 0.717) is 24.6 Å². The van der Waals surface area contributed by atoms with Gasteiger partial charge in [0.25, 0.3) is 11.5 Å². The number of pyridine rings is 2. The Morgan fingerprint density at radius 2 is 2.17 bits per heavy atom. The molecule has 8 heteroatoms. The van der Waals surface area contributed by atoms with Crippen molar-refractivity contribution in [2.45, 2.75) is 25.9 Å². The van der Waals surface area contributed by atoms with Gasteiger partial charge in [0.15, 0.2) is 0 Å². The zero-order valence-electron chi connectivity index (χ0n) is 16.2. The highest BCUT2D eigenvalue weighted by Gasteiger charge is 2.26. The van der Waals surface area contributed by atoms with Gasteiger partial charge in [-0.1, -0.05) is 0 Å². The number of hydrogen-bond donors (Lipinski definition) is 1. The first-order valence-electron chi connectivity index (χ1n) is 9.64. The van der Waals surface area contributed by atoms with Crippen molar-refractivity contribution < 1.29 is 4.79 Å². The average Bonchev–Trinajstić information content (AvgIpc) is 3.23. The summed E-state index contributed by atoms with van der Waals surface area (Å²) >= 11 is 0. The molecule has 1 atom stereocenters. The number of carbonyl (C=O) groups is 1. The van der Waals surface area contributed by atoms with Crippen LogP contribution in [0.3, 0.4) is 0 Å². The van der Waals surface area contributed by atoms with Crippen LogP contribution in [-0.2, 0) is 6.54 Å². The highest BCUT2D eigenvalue weighted by Crippen LogP contribution is 2.21. The van der Waals surface area contributed by atoms with Crippen LogP contribution in [0.2, 0.25) is 0 Å². The standard InChI is InChI=1S/C21H22N6O2/c1-2-26-10-6-15(12-19(26)28)20(29)24-17-7-11-27(14-17)21-23-9-5-18(25-21)16-4-3-8-22-13-16/h3-6,8-10,12-13,17H,2,7,11,14H2,1H3,(H,24,29). The van der Waals surface area contributed by atoms with E-state index < -0.39 is 0 Å². The van der Waals surface area contributed by atoms with Crippen LogP contribution < -0.4 is 15.8 Å². The van der Waals surface area contributed by atoms with Crippen LogP contribution in [0.4, 0.5) is 5.95 Å². The fourth-order valence-electron chi connectivity index (χ4n) is 3.41. The SMILES string of the molecule is CCn1ccc(C(=O)NC2CCN(c3nccc(-c4cccnc4)n3)C2)cc1=O. The molecule has 29 heavy (non-hydrogen) atoms. The minimum absolute atomic E-state index is 0.0262. The molecule has 0 radical (unpaired) electrons. The lowest BCUT2D eigenvalue weighted by atomic mass is 10.2. The van der Waals surface area contributed by atoms with E-state index in [2.05, 4.69) is 25.2 Å². The van der Waals surface area contributed by atoms with Gasteiger partial charge in [0.2, 0.25) is 5.95 Å². The molecular formula is C21H22N6O2. The molecule has 1 aliphatic rings. The van der Waals surface area contributed by atoms with Gasteiger partial charge in [0.05, 0.1) is 5.69 Å². The summed E-state index contributed by atoms with van der Waals surface area (Å²) in [6.07, 6.45) is 7.67. The van der Waals surface area contributed by atoms with E-state index in [-0.39, 0.29) is 17.5 Å². The van der Waals surface area contributed by atoms with Crippen molar-refractivity contribution in [1.82, 2.24) is 24.8 Å². The lowest BCUT2D eigenvalue weighted by Crippen LogP contribution is -2.38. The summed E-state index contributed by atoms with van der Waals surface area (Å²) in [4.78, 5) is 39.7. The van der Waals surface area contributed by atoms with E-state index in [1.807, 2.05) is 25.1 Å². The third-order valence-electron chi connectivity index (χ3n) is 5.01. The Bertz CT molecular complexity index is 1070. The molecule has 1 N–H and O–H groups in total. The molecule has 1 fully saturated rings. The number of anilines is 1. The highest BCUT2D eigenvalue weighted by molar-refractivity contribution is 5.94. The molecule has 0 aromatic carbocycles. The minimum atomic E-state index is -0.234. The maximum absolute atomic E-state index is 12.5. The van der Waals surface area contributed by atoms with Gasteiger partial charge in [-0.05, 0) is 37.6 Å². The third-order valence-corrected chi connectivity index (χ3v) is 5.01. The van der Waals surface area contributed by atoms with Crippen molar-refractivity contribution in [3.63, 3.8) is 0 Å². The predicted octanol–water partition coefficient (Wildman–Crippen LogP) is 1.73. The first kappa shape index (κ1) is 18.8. The number of rotatable bonds is 5. The number of aryl methyl sites for hydroxylation is 1. The molecule has 1 saturated heterocycles. The van der Waals surface area contributed by atoms with Crippen LogP contribution in [0.25, 0.3) is 11.3 Å². The van der Waals surface area contributed by atoms with Crippen molar-refractivity contribution >= 4 is 11.9 Å². The van der Waals surface area contributed by atoms with Crippen LogP contribution in [0, 0.1) is 0 Å². The van der Waals surface area contributed by atoms with E-state index in [9.17, 15) is 9.59 Å². The van der Waals surface area contributed by atoms with Gasteiger partial charge in [-0.2, -0.15) is 0 Å². The summed E-state index contributed by atoms with van der Waals surface area (Å²) < 4.78 is 1.56. The van der Waals surface area contributed by atoms with Crippen molar-refractivity contribution in [2.75, 3.05) is 18.0 Å². The van der Waals surface area contributed by atoms with Gasteiger partial charge in [-0.25, -0.2) is 9.97 Å². The number of nitrogens with zero attached hydrogens (tertiary/aromatic N) is 5. The molecule has 8 nitrogen and oxygen atoms in total. The molecule has 1 amide bonds. The first-order valence-corrected chi connectivity index (χ1v) is 9.64. The molecule has 0 aliphatic carbocycles. The Labute approximate surface area is 168 Å². The van der Waals surface area contributed by atoms with Crippen LogP contribution in [0.15, 0.2) is 59.9 Å². The summed E-state index contributed by atoms with van der Waals surface area (Å²) in [5.41, 5.74) is 1.95. The lowest BCUT2D eigenvalue weighted by molar-refractivity contribution is 0.0940. The van der Waals surface area contributed by atoms with Gasteiger partial charge in [0.1, 0.15) is 0 Å². The molecule has 1 unspecified atom stereocenters. The second-order valence-electron chi connectivity index (χ2n) is 6.93. The Morgan fingerprint density at radius 3 is 2.93 bits per heavy atom. The molecule has 0 saturated carbocycles. The molecule has 4 rings (SSSR count). The average molecular weight is 390 g/mol. The predicted molar refractivity (Wildman–Crippen MR) is 110 cm³/mol. The zero-order valence-corrected chi connectivity index (χ0v) is 16.2. The summed E-state index contributed by atoms with van der Waals surface area (Å²) in [5, 5.41) is 3.01. The number of amides is 1. The van der Waals surface area contributed by atoms with E-state index in [1.165, 1.54) is 6.07 Å². The van der Waals surface area contributed by atoms with Crippen molar-refractivity contribution in [1.29, 1.82) is 0 Å². The van der Waals surface area contributed by atoms with Crippen molar-refractivity contribution in [2.24, 2.45) is 0 Å². The summed E-state index contributed by atoms with van der Waals surface area (Å²) in [5.74, 6) is 0.399. The molecular weight excluding hydrogens is 368 g/mol. The largest absolute Gasteiger partial charge is 0.347 e. The summed E-state index contributed by atoms with van der Waals surface area (Å²) in [6.45, 7) is 3.84. The van der Waals surface area contributed by atoms with Gasteiger partial charge in [-0.3, -0.25) is 14.6 Å². The first-order chi connectivity index (χ1) is 14.1. The van der Waals surface area contributed by atoms with E-state index in [4.69, 9.17) is 0 Å². The molecule has 148 valence electrons. The number of carbonyl (C=O) groups excluding carboxylic acids is 1. The number of nitrogens with one attached hydrogen (secondary N) is 1. The van der Waals surface area contributed by atoms with Gasteiger partial charge in [0, 0.05) is 67.7 Å². The van der Waals surface area contributed by atoms with Gasteiger partial charge < -0.3 is 14.8 Å². The van der Waals surface area contributed by atoms with E-state index >= 15 is 0 Å². The molecule has 0 spiro atoms. The maximum atomic E-state index is 12.5. The minimum Gasteiger partial charge on any atom is -0.347 e. The quantitative estimate of drug-likeness (QED) is 0.713. The van der Waals surface area contributed by atoms with E-state index in [1.54, 1.807) is 35.4 Å². The Hall–Kier alpha value is -3.55. The fraction of sp³-hybridized carbons (Fsp3) is 0.286. The number of aromatic nitrogens is 4. The van der Waals surface area contributed by atoms with Gasteiger partial charge >= 0.3 is 0 Å². The number of hydrogen-bond acceptors (Lipinski definition) is 6. The Morgan fingerprint density at radius 1 is 1.28 bits per heavy atom. The summed E-state index contributed by atoms with van der Waals surface area (Å²) in [7, 11) is 0. The van der Waals surface area contributed by atoms with Gasteiger partial charge in [-0.15, -0.1) is 0 Å². The van der Waals surface area contributed by atoms with Crippen LogP contribution in [0.1, 0.15) is 23.7 Å². The molecule has 1 aliphatic heterocycles. The Kier molecular flexibility index (Phi) is 5.33. The maximum Gasteiger partial charge on any atom is 0.251 e. The molecule has 3 aromatic rings. The Balaban J connectivity index is 1.42. The lowest BCUT2D eigenvalue weighted by Gasteiger charge is -2.17. The fourth-order valence-corrected chi connectivity index (χ4v) is 3.41. The molecule has 0 bridgehead atoms. The second kappa shape index (κ2) is 8.22. The van der Waals surface area contributed by atoms with Crippen molar-refractivity contribution in [3.05, 3.63) is 71.0 Å². The van der Waals surface area contributed by atoms with Crippen LogP contribution in [0.5, 0.6) is 0 Å². The topological polar surface area (TPSA) is 93.0 Å². The zero-order chi connectivity index (χ0) is 20.2. The highest BCUT2D eigenvalue weighted by atomic mass is 16.2. The third kappa shape index (κ3) is 4.16. The van der Waals surface area contributed by atoms with E-state index in [0.717, 1.165) is 24.2 Å². The monoisotopic (exact) mass is 390 g/mol. The second-order valence-corrected chi connectivity index (χ2v) is 6.93. The normalized spacial score (nSPS) is 16.0. The molecule has 3 aromatic heterocycles. The summed E-state index contributed by atoms with van der Waals surface area (Å²) in [6, 6.07) is 8.71.